The summed E-state index contributed by atoms with van der Waals surface area (Å²) in [7, 11) is 0. The average molecular weight is 260 g/mol. The second kappa shape index (κ2) is 3.98. The summed E-state index contributed by atoms with van der Waals surface area (Å²) in [5, 5.41) is 18.3. The van der Waals surface area contributed by atoms with Crippen LogP contribution in [0.3, 0.4) is 0 Å². The van der Waals surface area contributed by atoms with E-state index in [0.717, 1.165) is 0 Å². The zero-order valence-electron chi connectivity index (χ0n) is 7.49. The van der Waals surface area contributed by atoms with Gasteiger partial charge in [-0.05, 0) is 34.5 Å². The van der Waals surface area contributed by atoms with Gasteiger partial charge in [0, 0.05) is 5.56 Å². The second-order valence-electron chi connectivity index (χ2n) is 2.94. The summed E-state index contributed by atoms with van der Waals surface area (Å²) in [4.78, 5) is 10.7. The van der Waals surface area contributed by atoms with Crippen molar-refractivity contribution in [1.82, 2.24) is 0 Å². The Labute approximate surface area is 89.5 Å². The van der Waals surface area contributed by atoms with E-state index >= 15 is 0 Å². The summed E-state index contributed by atoms with van der Waals surface area (Å²) >= 11 is 3.10. The number of carbonyl (C=O) groups is 1. The van der Waals surface area contributed by atoms with Crippen molar-refractivity contribution in [3.8, 4) is 5.75 Å². The normalized spacial score (nSPS) is 12.5. The van der Waals surface area contributed by atoms with Gasteiger partial charge in [0.2, 0.25) is 0 Å². The number of rotatable bonds is 2. The highest BCUT2D eigenvalue weighted by molar-refractivity contribution is 9.10. The summed E-state index contributed by atoms with van der Waals surface area (Å²) in [6.45, 7) is 1.70. The van der Waals surface area contributed by atoms with E-state index in [1.165, 1.54) is 0 Å². The molecule has 0 aliphatic carbocycles. The molecule has 14 heavy (non-hydrogen) atoms. The number of phenolic OH excluding ortho intramolecular Hbond substituents is 1. The van der Waals surface area contributed by atoms with Crippen molar-refractivity contribution in [3.63, 3.8) is 0 Å². The van der Waals surface area contributed by atoms with Crippen LogP contribution in [0.25, 0.3) is 0 Å². The molecule has 0 radical (unpaired) electrons. The van der Waals surface area contributed by atoms with E-state index < -0.39 is 12.0 Å². The first-order valence-electron chi connectivity index (χ1n) is 3.91. The zero-order chi connectivity index (χ0) is 10.9. The summed E-state index contributed by atoms with van der Waals surface area (Å²) in [5.41, 5.74) is 6.32. The molecule has 0 fully saturated rings. The number of phenols is 1. The monoisotopic (exact) mass is 259 g/mol. The number of benzene rings is 1. The van der Waals surface area contributed by atoms with Crippen LogP contribution in [0.15, 0.2) is 16.6 Å². The van der Waals surface area contributed by atoms with Crippen LogP contribution in [0.1, 0.15) is 17.2 Å². The molecule has 0 aliphatic rings. The first-order valence-corrected chi connectivity index (χ1v) is 4.70. The van der Waals surface area contributed by atoms with E-state index in [0.29, 0.717) is 10.0 Å². The Hall–Kier alpha value is -1.07. The molecule has 76 valence electrons. The van der Waals surface area contributed by atoms with Gasteiger partial charge in [-0.15, -0.1) is 0 Å². The Bertz CT molecular complexity index is 379. The molecule has 0 heterocycles. The van der Waals surface area contributed by atoms with Gasteiger partial charge in [0.15, 0.2) is 0 Å². The van der Waals surface area contributed by atoms with Crippen LogP contribution in [-0.4, -0.2) is 16.2 Å². The van der Waals surface area contributed by atoms with Crippen LogP contribution in [-0.2, 0) is 4.79 Å². The quantitative estimate of drug-likeness (QED) is 0.753. The van der Waals surface area contributed by atoms with Crippen LogP contribution >= 0.6 is 15.9 Å². The Morgan fingerprint density at radius 1 is 1.57 bits per heavy atom. The fraction of sp³-hybridized carbons (Fsp3) is 0.222. The van der Waals surface area contributed by atoms with Crippen LogP contribution < -0.4 is 5.73 Å². The van der Waals surface area contributed by atoms with Crippen molar-refractivity contribution < 1.29 is 15.0 Å². The third-order valence-electron chi connectivity index (χ3n) is 1.96. The molecule has 0 spiro atoms. The number of aromatic hydroxyl groups is 1. The fourth-order valence-electron chi connectivity index (χ4n) is 1.20. The predicted molar refractivity (Wildman–Crippen MR) is 55.1 cm³/mol. The summed E-state index contributed by atoms with van der Waals surface area (Å²) in [6.07, 6.45) is 0. The molecule has 0 aromatic heterocycles. The SMILES string of the molecule is Cc1ccc(Br)c(O)c1C(N)C(=O)O. The molecule has 1 atom stereocenters. The minimum atomic E-state index is -1.20. The number of hydrogen-bond acceptors (Lipinski definition) is 3. The Morgan fingerprint density at radius 3 is 2.64 bits per heavy atom. The first kappa shape index (κ1) is 11.0. The van der Waals surface area contributed by atoms with Gasteiger partial charge in [-0.2, -0.15) is 0 Å². The highest BCUT2D eigenvalue weighted by atomic mass is 79.9. The number of carboxylic acid groups (broad SMARTS) is 1. The average Bonchev–Trinajstić information content (AvgIpc) is 2.12. The van der Waals surface area contributed by atoms with Crippen LogP contribution in [0.5, 0.6) is 5.75 Å². The summed E-state index contributed by atoms with van der Waals surface area (Å²) in [5.74, 6) is -1.28. The van der Waals surface area contributed by atoms with E-state index in [1.54, 1.807) is 19.1 Å². The maximum Gasteiger partial charge on any atom is 0.325 e. The van der Waals surface area contributed by atoms with Crippen molar-refractivity contribution in [2.24, 2.45) is 5.73 Å². The molecular formula is C9H10BrNO3. The van der Waals surface area contributed by atoms with Gasteiger partial charge in [0.05, 0.1) is 4.47 Å². The predicted octanol–water partition coefficient (Wildman–Crippen LogP) is 1.55. The number of hydrogen-bond donors (Lipinski definition) is 3. The maximum atomic E-state index is 10.7. The van der Waals surface area contributed by atoms with Gasteiger partial charge in [-0.25, -0.2) is 0 Å². The van der Waals surface area contributed by atoms with Gasteiger partial charge in [0.25, 0.3) is 0 Å². The molecular weight excluding hydrogens is 250 g/mol. The Morgan fingerprint density at radius 2 is 2.14 bits per heavy atom. The summed E-state index contributed by atoms with van der Waals surface area (Å²) in [6, 6.07) is 2.14. The van der Waals surface area contributed by atoms with E-state index in [2.05, 4.69) is 15.9 Å². The molecule has 4 N–H and O–H groups in total. The molecule has 0 saturated heterocycles. The smallest absolute Gasteiger partial charge is 0.325 e. The van der Waals surface area contributed by atoms with Crippen molar-refractivity contribution in [3.05, 3.63) is 27.7 Å². The zero-order valence-corrected chi connectivity index (χ0v) is 9.08. The van der Waals surface area contributed by atoms with Crippen LogP contribution in [0.2, 0.25) is 0 Å². The largest absolute Gasteiger partial charge is 0.506 e. The van der Waals surface area contributed by atoms with Crippen molar-refractivity contribution in [2.75, 3.05) is 0 Å². The first-order chi connectivity index (χ1) is 6.45. The fourth-order valence-corrected chi connectivity index (χ4v) is 1.54. The summed E-state index contributed by atoms with van der Waals surface area (Å²) < 4.78 is 0.440. The van der Waals surface area contributed by atoms with Gasteiger partial charge in [-0.3, -0.25) is 4.79 Å². The van der Waals surface area contributed by atoms with E-state index in [4.69, 9.17) is 10.8 Å². The number of nitrogens with two attached hydrogens (primary N) is 1. The minimum Gasteiger partial charge on any atom is -0.506 e. The standard InChI is InChI=1S/C9H10BrNO3/c1-4-2-3-5(10)8(12)6(4)7(11)9(13)14/h2-3,7,12H,11H2,1H3,(H,13,14). The number of aliphatic carboxylic acids is 1. The molecule has 1 unspecified atom stereocenters. The Kier molecular flexibility index (Phi) is 3.13. The Balaban J connectivity index is 3.32. The van der Waals surface area contributed by atoms with Gasteiger partial charge in [0.1, 0.15) is 11.8 Å². The second-order valence-corrected chi connectivity index (χ2v) is 3.80. The molecule has 5 heteroatoms. The van der Waals surface area contributed by atoms with Gasteiger partial charge < -0.3 is 15.9 Å². The van der Waals surface area contributed by atoms with Crippen molar-refractivity contribution >= 4 is 21.9 Å². The third kappa shape index (κ3) is 1.88. The topological polar surface area (TPSA) is 83.5 Å². The van der Waals surface area contributed by atoms with E-state index in [1.807, 2.05) is 0 Å². The van der Waals surface area contributed by atoms with Crippen molar-refractivity contribution in [1.29, 1.82) is 0 Å². The highest BCUT2D eigenvalue weighted by Gasteiger charge is 2.21. The molecule has 0 bridgehead atoms. The molecule has 1 rings (SSSR count). The lowest BCUT2D eigenvalue weighted by molar-refractivity contribution is -0.138. The highest BCUT2D eigenvalue weighted by Crippen LogP contribution is 2.33. The maximum absolute atomic E-state index is 10.7. The minimum absolute atomic E-state index is 0.111. The van der Waals surface area contributed by atoms with Gasteiger partial charge >= 0.3 is 5.97 Å². The molecule has 0 saturated carbocycles. The van der Waals surface area contributed by atoms with Crippen LogP contribution in [0.4, 0.5) is 0 Å². The molecule has 1 aromatic carbocycles. The molecule has 0 amide bonds. The number of aryl methyl sites for hydroxylation is 1. The van der Waals surface area contributed by atoms with Gasteiger partial charge in [-0.1, -0.05) is 6.07 Å². The number of carboxylic acids is 1. The van der Waals surface area contributed by atoms with Crippen molar-refractivity contribution in [2.45, 2.75) is 13.0 Å². The number of halogens is 1. The molecule has 1 aromatic rings. The lowest BCUT2D eigenvalue weighted by atomic mass is 10.0. The lowest BCUT2D eigenvalue weighted by Crippen LogP contribution is -2.21. The molecule has 0 aliphatic heterocycles. The third-order valence-corrected chi connectivity index (χ3v) is 2.60. The van der Waals surface area contributed by atoms with E-state index in [-0.39, 0.29) is 11.3 Å². The lowest BCUT2D eigenvalue weighted by Gasteiger charge is -2.13. The van der Waals surface area contributed by atoms with Crippen LogP contribution in [0, 0.1) is 6.92 Å². The molecule has 4 nitrogen and oxygen atoms in total. The van der Waals surface area contributed by atoms with E-state index in [9.17, 15) is 9.90 Å².